The van der Waals surface area contributed by atoms with Gasteiger partial charge >= 0.3 is 0 Å². The minimum atomic E-state index is -0.546. The summed E-state index contributed by atoms with van der Waals surface area (Å²) in [6.45, 7) is 0. The zero-order valence-electron chi connectivity index (χ0n) is 9.11. The number of halogens is 2. The van der Waals surface area contributed by atoms with Gasteiger partial charge in [0.05, 0.1) is 6.10 Å². The summed E-state index contributed by atoms with van der Waals surface area (Å²) < 4.78 is 0. The molecule has 0 fully saturated rings. The highest BCUT2D eigenvalue weighted by Gasteiger charge is 2.08. The Morgan fingerprint density at radius 1 is 0.941 bits per heavy atom. The number of hydrogen-bond donors (Lipinski definition) is 1. The Balaban J connectivity index is 2.11. The molecule has 0 aliphatic carbocycles. The lowest BCUT2D eigenvalue weighted by molar-refractivity contribution is 0.178. The van der Waals surface area contributed by atoms with Crippen molar-refractivity contribution in [1.29, 1.82) is 0 Å². The van der Waals surface area contributed by atoms with Crippen LogP contribution in [-0.2, 0) is 6.42 Å². The van der Waals surface area contributed by atoms with Crippen LogP contribution in [0.4, 0.5) is 0 Å². The molecule has 0 bridgehead atoms. The van der Waals surface area contributed by atoms with Crippen LogP contribution in [0.15, 0.2) is 48.5 Å². The van der Waals surface area contributed by atoms with E-state index in [0.29, 0.717) is 16.5 Å². The molecule has 1 N–H and O–H groups in total. The van der Waals surface area contributed by atoms with Crippen molar-refractivity contribution in [3.63, 3.8) is 0 Å². The molecule has 0 saturated carbocycles. The van der Waals surface area contributed by atoms with Gasteiger partial charge in [-0.25, -0.2) is 0 Å². The van der Waals surface area contributed by atoms with Crippen molar-refractivity contribution in [3.8, 4) is 0 Å². The second-order valence-electron chi connectivity index (χ2n) is 3.90. The quantitative estimate of drug-likeness (QED) is 0.880. The molecule has 1 nitrogen and oxygen atoms in total. The summed E-state index contributed by atoms with van der Waals surface area (Å²) in [5, 5.41) is 11.4. The van der Waals surface area contributed by atoms with Crippen LogP contribution < -0.4 is 0 Å². The Labute approximate surface area is 111 Å². The van der Waals surface area contributed by atoms with E-state index in [0.717, 1.165) is 11.1 Å². The SMILES string of the molecule is OC(Cc1ccc(Cl)cc1)c1cccc(Cl)c1. The molecule has 2 rings (SSSR count). The van der Waals surface area contributed by atoms with Crippen LogP contribution in [0.5, 0.6) is 0 Å². The first-order chi connectivity index (χ1) is 8.15. The minimum Gasteiger partial charge on any atom is -0.388 e. The summed E-state index contributed by atoms with van der Waals surface area (Å²) in [5.74, 6) is 0. The van der Waals surface area contributed by atoms with Gasteiger partial charge in [-0.3, -0.25) is 0 Å². The molecule has 3 heteroatoms. The molecule has 1 unspecified atom stereocenters. The van der Waals surface area contributed by atoms with Crippen molar-refractivity contribution >= 4 is 23.2 Å². The van der Waals surface area contributed by atoms with E-state index in [-0.39, 0.29) is 0 Å². The fraction of sp³-hybridized carbons (Fsp3) is 0.143. The molecular weight excluding hydrogens is 255 g/mol. The number of aliphatic hydroxyl groups is 1. The van der Waals surface area contributed by atoms with E-state index in [1.807, 2.05) is 36.4 Å². The van der Waals surface area contributed by atoms with Crippen molar-refractivity contribution in [2.45, 2.75) is 12.5 Å². The van der Waals surface area contributed by atoms with Crippen LogP contribution in [0, 0.1) is 0 Å². The van der Waals surface area contributed by atoms with Crippen LogP contribution in [0.2, 0.25) is 10.0 Å². The van der Waals surface area contributed by atoms with E-state index >= 15 is 0 Å². The Bertz CT molecular complexity index is 494. The number of aliphatic hydroxyl groups excluding tert-OH is 1. The maximum Gasteiger partial charge on any atom is 0.0830 e. The van der Waals surface area contributed by atoms with Gasteiger partial charge in [0.25, 0.3) is 0 Å². The van der Waals surface area contributed by atoms with Crippen molar-refractivity contribution in [2.24, 2.45) is 0 Å². The molecule has 0 saturated heterocycles. The van der Waals surface area contributed by atoms with Crippen LogP contribution in [0.3, 0.4) is 0 Å². The van der Waals surface area contributed by atoms with Gasteiger partial charge in [-0.2, -0.15) is 0 Å². The van der Waals surface area contributed by atoms with Gasteiger partial charge in [0.1, 0.15) is 0 Å². The van der Waals surface area contributed by atoms with Gasteiger partial charge in [0.15, 0.2) is 0 Å². The molecule has 0 radical (unpaired) electrons. The van der Waals surface area contributed by atoms with E-state index in [1.165, 1.54) is 0 Å². The number of benzene rings is 2. The van der Waals surface area contributed by atoms with E-state index in [9.17, 15) is 5.11 Å². The fourth-order valence-electron chi connectivity index (χ4n) is 1.68. The Hall–Kier alpha value is -1.02. The first-order valence-electron chi connectivity index (χ1n) is 5.33. The predicted octanol–water partition coefficient (Wildman–Crippen LogP) is 4.27. The maximum absolute atomic E-state index is 10.1. The highest BCUT2D eigenvalue weighted by molar-refractivity contribution is 6.30. The van der Waals surface area contributed by atoms with Gasteiger partial charge in [-0.1, -0.05) is 47.5 Å². The lowest BCUT2D eigenvalue weighted by Crippen LogP contribution is -2.01. The Kier molecular flexibility index (Phi) is 4.06. The summed E-state index contributed by atoms with van der Waals surface area (Å²) in [6.07, 6.45) is 0.00667. The van der Waals surface area contributed by atoms with Crippen molar-refractivity contribution < 1.29 is 5.11 Å². The molecule has 0 aliphatic heterocycles. The van der Waals surface area contributed by atoms with E-state index in [4.69, 9.17) is 23.2 Å². The summed E-state index contributed by atoms with van der Waals surface area (Å²) in [4.78, 5) is 0. The molecule has 1 atom stereocenters. The monoisotopic (exact) mass is 266 g/mol. The molecule has 17 heavy (non-hydrogen) atoms. The molecule has 0 aliphatic rings. The van der Waals surface area contributed by atoms with E-state index in [2.05, 4.69) is 0 Å². The van der Waals surface area contributed by atoms with E-state index in [1.54, 1.807) is 12.1 Å². The average molecular weight is 267 g/mol. The minimum absolute atomic E-state index is 0.546. The van der Waals surface area contributed by atoms with Crippen LogP contribution >= 0.6 is 23.2 Å². The van der Waals surface area contributed by atoms with Crippen LogP contribution in [0.1, 0.15) is 17.2 Å². The second kappa shape index (κ2) is 5.54. The van der Waals surface area contributed by atoms with E-state index < -0.39 is 6.10 Å². The summed E-state index contributed by atoms with van der Waals surface area (Å²) >= 11 is 11.7. The zero-order chi connectivity index (χ0) is 12.3. The first kappa shape index (κ1) is 12.4. The lowest BCUT2D eigenvalue weighted by atomic mass is 10.0. The Morgan fingerprint density at radius 3 is 2.29 bits per heavy atom. The number of rotatable bonds is 3. The molecule has 0 heterocycles. The van der Waals surface area contributed by atoms with Gasteiger partial charge in [-0.05, 0) is 35.4 Å². The largest absolute Gasteiger partial charge is 0.388 e. The Morgan fingerprint density at radius 2 is 1.65 bits per heavy atom. The molecule has 0 spiro atoms. The average Bonchev–Trinajstić information content (AvgIpc) is 2.32. The maximum atomic E-state index is 10.1. The molecule has 2 aromatic carbocycles. The summed E-state index contributed by atoms with van der Waals surface area (Å²) in [5.41, 5.74) is 1.87. The van der Waals surface area contributed by atoms with Crippen molar-refractivity contribution in [3.05, 3.63) is 69.7 Å². The predicted molar refractivity (Wildman–Crippen MR) is 71.6 cm³/mol. The van der Waals surface area contributed by atoms with Crippen LogP contribution in [-0.4, -0.2) is 5.11 Å². The zero-order valence-corrected chi connectivity index (χ0v) is 10.6. The van der Waals surface area contributed by atoms with Gasteiger partial charge in [0.2, 0.25) is 0 Å². The van der Waals surface area contributed by atoms with Crippen molar-refractivity contribution in [1.82, 2.24) is 0 Å². The molecule has 88 valence electrons. The molecule has 2 aromatic rings. The lowest BCUT2D eigenvalue weighted by Gasteiger charge is -2.11. The van der Waals surface area contributed by atoms with Gasteiger partial charge in [-0.15, -0.1) is 0 Å². The molecule has 0 aromatic heterocycles. The van der Waals surface area contributed by atoms with Crippen LogP contribution in [0.25, 0.3) is 0 Å². The fourth-order valence-corrected chi connectivity index (χ4v) is 2.00. The topological polar surface area (TPSA) is 20.2 Å². The smallest absolute Gasteiger partial charge is 0.0830 e. The van der Waals surface area contributed by atoms with Gasteiger partial charge < -0.3 is 5.11 Å². The summed E-state index contributed by atoms with van der Waals surface area (Å²) in [7, 11) is 0. The third-order valence-corrected chi connectivity index (χ3v) is 3.06. The van der Waals surface area contributed by atoms with Gasteiger partial charge in [0, 0.05) is 16.5 Å². The second-order valence-corrected chi connectivity index (χ2v) is 4.77. The normalized spacial score (nSPS) is 12.4. The third kappa shape index (κ3) is 3.47. The highest BCUT2D eigenvalue weighted by atomic mass is 35.5. The van der Waals surface area contributed by atoms with Crippen molar-refractivity contribution in [2.75, 3.05) is 0 Å². The highest BCUT2D eigenvalue weighted by Crippen LogP contribution is 2.22. The molecule has 0 amide bonds. The standard InChI is InChI=1S/C14H12Cl2O/c15-12-6-4-10(5-7-12)8-14(17)11-2-1-3-13(16)9-11/h1-7,9,14,17H,8H2. The summed E-state index contributed by atoms with van der Waals surface area (Å²) in [6, 6.07) is 14.7. The third-order valence-electron chi connectivity index (χ3n) is 2.58. The number of hydrogen-bond acceptors (Lipinski definition) is 1. The first-order valence-corrected chi connectivity index (χ1v) is 6.09. The molecular formula is C14H12Cl2O.